The maximum atomic E-state index is 11.8. The molecule has 3 rings (SSSR count). The average molecular weight is 284 g/mol. The Balaban J connectivity index is 1.83. The van der Waals surface area contributed by atoms with Gasteiger partial charge in [0, 0.05) is 22.7 Å². The molecule has 8 nitrogen and oxygen atoms in total. The summed E-state index contributed by atoms with van der Waals surface area (Å²) in [7, 11) is 0. The van der Waals surface area contributed by atoms with Crippen LogP contribution < -0.4 is 11.2 Å². The third kappa shape index (κ3) is 2.34. The smallest absolute Gasteiger partial charge is 0.297 e. The van der Waals surface area contributed by atoms with Crippen LogP contribution in [0.25, 0.3) is 10.9 Å². The third-order valence-electron chi connectivity index (χ3n) is 3.03. The number of benzene rings is 1. The van der Waals surface area contributed by atoms with Crippen molar-refractivity contribution in [2.45, 2.75) is 6.92 Å². The number of carbonyl (C=O) groups excluding carboxylic acids is 1. The second-order valence-corrected chi connectivity index (χ2v) is 4.38. The molecule has 0 saturated heterocycles. The molecule has 0 aliphatic heterocycles. The van der Waals surface area contributed by atoms with E-state index in [-0.39, 0.29) is 11.5 Å². The molecule has 0 spiro atoms. The normalized spacial score (nSPS) is 11.8. The van der Waals surface area contributed by atoms with Crippen LogP contribution in [0.2, 0.25) is 0 Å². The van der Waals surface area contributed by atoms with Crippen LogP contribution in [0.15, 0.2) is 40.2 Å². The zero-order chi connectivity index (χ0) is 14.8. The molecule has 0 fully saturated rings. The van der Waals surface area contributed by atoms with Crippen LogP contribution in [0.5, 0.6) is 0 Å². The number of amides is 1. The molecule has 2 aromatic heterocycles. The Morgan fingerprint density at radius 1 is 1.38 bits per heavy atom. The third-order valence-corrected chi connectivity index (χ3v) is 3.03. The molecule has 3 aromatic rings. The second-order valence-electron chi connectivity index (χ2n) is 4.38. The second kappa shape index (κ2) is 5.08. The van der Waals surface area contributed by atoms with Gasteiger partial charge in [-0.1, -0.05) is 18.2 Å². The first-order chi connectivity index (χ1) is 10.2. The van der Waals surface area contributed by atoms with Crippen LogP contribution in [0.4, 0.5) is 5.82 Å². The molecular formula is C13H12N6O2. The van der Waals surface area contributed by atoms with E-state index < -0.39 is 5.91 Å². The highest BCUT2D eigenvalue weighted by molar-refractivity contribution is 6.10. The van der Waals surface area contributed by atoms with Gasteiger partial charge in [-0.3, -0.25) is 4.79 Å². The molecule has 0 unspecified atom stereocenters. The van der Waals surface area contributed by atoms with E-state index in [0.717, 1.165) is 16.5 Å². The van der Waals surface area contributed by atoms with E-state index in [1.165, 1.54) is 0 Å². The van der Waals surface area contributed by atoms with Crippen molar-refractivity contribution in [3.05, 3.63) is 41.7 Å². The molecule has 0 radical (unpaired) electrons. The molecule has 1 amide bonds. The standard InChI is InChI=1S/C13H12N6O2/c1-7(9-6-15-10-5-3-2-4-8(9)10)16-17-13(20)11-12(14)19-21-18-11/h2-6,15H,1H3,(H2,14,19)(H,17,20)/b16-7+. The molecule has 2 heterocycles. The van der Waals surface area contributed by atoms with Crippen molar-refractivity contribution in [3.8, 4) is 0 Å². The minimum Gasteiger partial charge on any atom is -0.379 e. The number of nitrogens with one attached hydrogen (secondary N) is 2. The fourth-order valence-electron chi connectivity index (χ4n) is 1.97. The quantitative estimate of drug-likeness (QED) is 0.494. The minimum atomic E-state index is -0.576. The number of aromatic nitrogens is 3. The number of nitrogens with zero attached hydrogens (tertiary/aromatic N) is 3. The van der Waals surface area contributed by atoms with Crippen LogP contribution in [-0.4, -0.2) is 26.9 Å². The average Bonchev–Trinajstić information content (AvgIpc) is 3.10. The van der Waals surface area contributed by atoms with E-state index in [9.17, 15) is 4.79 Å². The number of H-pyrrole nitrogens is 1. The number of hydrazone groups is 1. The first kappa shape index (κ1) is 12.9. The first-order valence-corrected chi connectivity index (χ1v) is 6.16. The highest BCUT2D eigenvalue weighted by Gasteiger charge is 2.15. The summed E-state index contributed by atoms with van der Waals surface area (Å²) in [5.41, 5.74) is 10.3. The van der Waals surface area contributed by atoms with Gasteiger partial charge in [-0.05, 0) is 23.3 Å². The Hall–Kier alpha value is -3.16. The van der Waals surface area contributed by atoms with Crippen LogP contribution in [0.1, 0.15) is 23.0 Å². The summed E-state index contributed by atoms with van der Waals surface area (Å²) in [5.74, 6) is -0.652. The van der Waals surface area contributed by atoms with Crippen molar-refractivity contribution in [1.82, 2.24) is 20.7 Å². The fraction of sp³-hybridized carbons (Fsp3) is 0.0769. The summed E-state index contributed by atoms with van der Waals surface area (Å²) in [6.45, 7) is 1.79. The van der Waals surface area contributed by atoms with E-state index in [2.05, 4.69) is 30.5 Å². The predicted molar refractivity (Wildman–Crippen MR) is 76.7 cm³/mol. The van der Waals surface area contributed by atoms with Crippen molar-refractivity contribution in [2.75, 3.05) is 5.73 Å². The molecular weight excluding hydrogens is 272 g/mol. The summed E-state index contributed by atoms with van der Waals surface area (Å²) in [5, 5.41) is 11.8. The highest BCUT2D eigenvalue weighted by atomic mass is 16.6. The monoisotopic (exact) mass is 284 g/mol. The fourth-order valence-corrected chi connectivity index (χ4v) is 1.97. The molecule has 0 atom stereocenters. The van der Waals surface area contributed by atoms with Gasteiger partial charge in [0.2, 0.25) is 11.5 Å². The van der Waals surface area contributed by atoms with Crippen molar-refractivity contribution in [2.24, 2.45) is 5.10 Å². The van der Waals surface area contributed by atoms with Gasteiger partial charge in [0.15, 0.2) is 0 Å². The molecule has 4 N–H and O–H groups in total. The number of para-hydroxylation sites is 1. The number of aromatic amines is 1. The first-order valence-electron chi connectivity index (χ1n) is 6.16. The lowest BCUT2D eigenvalue weighted by atomic mass is 10.1. The molecule has 0 aliphatic rings. The van der Waals surface area contributed by atoms with E-state index in [0.29, 0.717) is 5.71 Å². The van der Waals surface area contributed by atoms with Crippen LogP contribution in [0.3, 0.4) is 0 Å². The van der Waals surface area contributed by atoms with Gasteiger partial charge in [-0.25, -0.2) is 10.1 Å². The van der Waals surface area contributed by atoms with Gasteiger partial charge >= 0.3 is 0 Å². The van der Waals surface area contributed by atoms with Crippen molar-refractivity contribution in [1.29, 1.82) is 0 Å². The zero-order valence-electron chi connectivity index (χ0n) is 11.1. The van der Waals surface area contributed by atoms with Gasteiger partial charge in [0.1, 0.15) is 0 Å². The van der Waals surface area contributed by atoms with E-state index in [4.69, 9.17) is 5.73 Å². The van der Waals surface area contributed by atoms with Crippen LogP contribution in [-0.2, 0) is 0 Å². The number of hydrogen-bond donors (Lipinski definition) is 3. The lowest BCUT2D eigenvalue weighted by Crippen LogP contribution is -2.20. The molecule has 106 valence electrons. The summed E-state index contributed by atoms with van der Waals surface area (Å²) in [6.07, 6.45) is 1.83. The Kier molecular flexibility index (Phi) is 3.11. The minimum absolute atomic E-state index is 0.0764. The molecule has 0 saturated carbocycles. The number of carbonyl (C=O) groups is 1. The lowest BCUT2D eigenvalue weighted by Gasteiger charge is -2.00. The number of nitrogens with two attached hydrogens (primary N) is 1. The maximum Gasteiger partial charge on any atom is 0.297 e. The van der Waals surface area contributed by atoms with Gasteiger partial charge < -0.3 is 10.7 Å². The van der Waals surface area contributed by atoms with E-state index in [1.54, 1.807) is 6.92 Å². The van der Waals surface area contributed by atoms with Gasteiger partial charge in [-0.2, -0.15) is 5.10 Å². The largest absolute Gasteiger partial charge is 0.379 e. The summed E-state index contributed by atoms with van der Waals surface area (Å²) >= 11 is 0. The van der Waals surface area contributed by atoms with Gasteiger partial charge in [0.25, 0.3) is 5.91 Å². The Labute approximate surface area is 119 Å². The van der Waals surface area contributed by atoms with E-state index >= 15 is 0 Å². The topological polar surface area (TPSA) is 122 Å². The molecule has 0 bridgehead atoms. The number of anilines is 1. The maximum absolute atomic E-state index is 11.8. The van der Waals surface area contributed by atoms with Gasteiger partial charge in [-0.15, -0.1) is 0 Å². The molecule has 1 aromatic carbocycles. The number of hydrogen-bond acceptors (Lipinski definition) is 6. The number of rotatable bonds is 3. The van der Waals surface area contributed by atoms with Crippen LogP contribution in [0, 0.1) is 0 Å². The molecule has 0 aliphatic carbocycles. The Bertz CT molecular complexity index is 832. The SMILES string of the molecule is C/C(=N\NC(=O)c1nonc1N)c1c[nH]c2ccccc12. The Morgan fingerprint density at radius 2 is 2.19 bits per heavy atom. The van der Waals surface area contributed by atoms with Crippen molar-refractivity contribution >= 4 is 28.3 Å². The number of fused-ring (bicyclic) bond motifs is 1. The lowest BCUT2D eigenvalue weighted by molar-refractivity contribution is 0.0945. The Morgan fingerprint density at radius 3 is 2.95 bits per heavy atom. The van der Waals surface area contributed by atoms with Gasteiger partial charge in [0.05, 0.1) is 5.71 Å². The molecule has 8 heteroatoms. The zero-order valence-corrected chi connectivity index (χ0v) is 11.1. The summed E-state index contributed by atoms with van der Waals surface area (Å²) in [6, 6.07) is 7.82. The number of nitrogen functional groups attached to an aromatic ring is 1. The predicted octanol–water partition coefficient (Wildman–Crippen LogP) is 1.29. The van der Waals surface area contributed by atoms with Crippen molar-refractivity contribution < 1.29 is 9.42 Å². The summed E-state index contributed by atoms with van der Waals surface area (Å²) in [4.78, 5) is 14.9. The van der Waals surface area contributed by atoms with E-state index in [1.807, 2.05) is 30.5 Å². The highest BCUT2D eigenvalue weighted by Crippen LogP contribution is 2.18. The summed E-state index contributed by atoms with van der Waals surface area (Å²) < 4.78 is 4.36. The van der Waals surface area contributed by atoms with Crippen molar-refractivity contribution in [3.63, 3.8) is 0 Å². The molecule has 21 heavy (non-hydrogen) atoms. The van der Waals surface area contributed by atoms with Crippen LogP contribution >= 0.6 is 0 Å².